The topological polar surface area (TPSA) is 23.8 Å². The molecule has 0 N–H and O–H groups in total. The second-order valence-electron chi connectivity index (χ2n) is 3.75. The van der Waals surface area contributed by atoms with Gasteiger partial charge in [-0.2, -0.15) is 5.26 Å². The monoisotopic (exact) mass is 167 g/mol. The highest BCUT2D eigenvalue weighted by atomic mass is 14.4. The summed E-state index contributed by atoms with van der Waals surface area (Å²) in [5.41, 5.74) is 3.54. The van der Waals surface area contributed by atoms with Crippen molar-refractivity contribution < 1.29 is 0 Å². The van der Waals surface area contributed by atoms with Gasteiger partial charge in [0.25, 0.3) is 0 Å². The first-order chi connectivity index (χ1) is 6.40. The second kappa shape index (κ2) is 2.23. The van der Waals surface area contributed by atoms with Crippen LogP contribution in [0.1, 0.15) is 34.9 Å². The number of allylic oxidation sites excluding steroid dienone is 2. The highest BCUT2D eigenvalue weighted by molar-refractivity contribution is 5.55. The maximum atomic E-state index is 8.96. The third kappa shape index (κ3) is 0.754. The Kier molecular flexibility index (Phi) is 1.19. The number of fused-ring (bicyclic) bond motifs is 5. The molecule has 2 bridgehead atoms. The molecule has 62 valence electrons. The summed E-state index contributed by atoms with van der Waals surface area (Å²) in [4.78, 5) is 0. The molecular formula is C12H9N. The van der Waals surface area contributed by atoms with E-state index in [4.69, 9.17) is 5.26 Å². The Morgan fingerprint density at radius 2 is 2.08 bits per heavy atom. The summed E-state index contributed by atoms with van der Waals surface area (Å²) in [5.74, 6) is 1.11. The van der Waals surface area contributed by atoms with E-state index in [0.29, 0.717) is 11.8 Å². The minimum absolute atomic E-state index is 0.524. The third-order valence-corrected chi connectivity index (χ3v) is 3.11. The maximum absolute atomic E-state index is 8.96. The minimum Gasteiger partial charge on any atom is -0.192 e. The fraction of sp³-hybridized carbons (Fsp3) is 0.250. The molecule has 0 aromatic heterocycles. The summed E-state index contributed by atoms with van der Waals surface area (Å²) in [5, 5.41) is 8.96. The van der Waals surface area contributed by atoms with E-state index in [-0.39, 0.29) is 0 Å². The number of nitrogens with zero attached hydrogens (tertiary/aromatic N) is 1. The van der Waals surface area contributed by atoms with E-state index in [2.05, 4.69) is 24.3 Å². The minimum atomic E-state index is 0.524. The van der Waals surface area contributed by atoms with Crippen molar-refractivity contribution in [2.45, 2.75) is 18.3 Å². The van der Waals surface area contributed by atoms with Gasteiger partial charge in [0.15, 0.2) is 0 Å². The zero-order chi connectivity index (χ0) is 8.84. The molecule has 1 aromatic carbocycles. The van der Waals surface area contributed by atoms with Crippen molar-refractivity contribution in [3.8, 4) is 6.07 Å². The molecular weight excluding hydrogens is 158 g/mol. The molecule has 3 rings (SSSR count). The Balaban J connectivity index is 2.30. The average Bonchev–Trinajstić information content (AvgIpc) is 2.77. The van der Waals surface area contributed by atoms with Crippen LogP contribution in [0.25, 0.3) is 0 Å². The summed E-state index contributed by atoms with van der Waals surface area (Å²) in [6.45, 7) is 0. The fourth-order valence-corrected chi connectivity index (χ4v) is 2.56. The van der Waals surface area contributed by atoms with Crippen LogP contribution in [0.2, 0.25) is 0 Å². The highest BCUT2D eigenvalue weighted by Crippen LogP contribution is 2.49. The van der Waals surface area contributed by atoms with Gasteiger partial charge in [-0.05, 0) is 23.6 Å². The molecule has 0 radical (unpaired) electrons. The number of rotatable bonds is 0. The van der Waals surface area contributed by atoms with Crippen LogP contribution in [-0.2, 0) is 0 Å². The van der Waals surface area contributed by atoms with Crippen molar-refractivity contribution in [3.05, 3.63) is 47.0 Å². The lowest BCUT2D eigenvalue weighted by molar-refractivity contribution is 0.804. The highest BCUT2D eigenvalue weighted by Gasteiger charge is 2.33. The van der Waals surface area contributed by atoms with Crippen LogP contribution in [0.4, 0.5) is 0 Å². The molecule has 0 heterocycles. The van der Waals surface area contributed by atoms with Gasteiger partial charge >= 0.3 is 0 Å². The van der Waals surface area contributed by atoms with E-state index < -0.39 is 0 Å². The quantitative estimate of drug-likeness (QED) is 0.545. The lowest BCUT2D eigenvalue weighted by Crippen LogP contribution is -1.95. The van der Waals surface area contributed by atoms with Gasteiger partial charge in [0, 0.05) is 11.8 Å². The molecule has 13 heavy (non-hydrogen) atoms. The van der Waals surface area contributed by atoms with Crippen LogP contribution in [0.15, 0.2) is 30.4 Å². The lowest BCUT2D eigenvalue weighted by Gasteiger charge is -2.10. The van der Waals surface area contributed by atoms with Crippen molar-refractivity contribution in [2.24, 2.45) is 0 Å². The molecule has 0 saturated carbocycles. The van der Waals surface area contributed by atoms with Crippen LogP contribution in [-0.4, -0.2) is 0 Å². The largest absolute Gasteiger partial charge is 0.192 e. The molecule has 1 aromatic rings. The Hall–Kier alpha value is -1.55. The van der Waals surface area contributed by atoms with E-state index in [0.717, 1.165) is 5.56 Å². The summed E-state index contributed by atoms with van der Waals surface area (Å²) in [7, 11) is 0. The van der Waals surface area contributed by atoms with Gasteiger partial charge in [-0.3, -0.25) is 0 Å². The lowest BCUT2D eigenvalue weighted by atomic mass is 9.93. The molecule has 0 aliphatic heterocycles. The Morgan fingerprint density at radius 1 is 1.23 bits per heavy atom. The van der Waals surface area contributed by atoms with Crippen LogP contribution >= 0.6 is 0 Å². The van der Waals surface area contributed by atoms with Gasteiger partial charge in [0.2, 0.25) is 0 Å². The molecule has 0 spiro atoms. The first-order valence-corrected chi connectivity index (χ1v) is 4.61. The van der Waals surface area contributed by atoms with Gasteiger partial charge in [-0.1, -0.05) is 24.3 Å². The number of nitriles is 1. The Bertz CT molecular complexity index is 437. The third-order valence-electron chi connectivity index (χ3n) is 3.11. The van der Waals surface area contributed by atoms with E-state index in [9.17, 15) is 0 Å². The average molecular weight is 167 g/mol. The molecule has 2 unspecified atom stereocenters. The zero-order valence-corrected chi connectivity index (χ0v) is 7.20. The summed E-state index contributed by atoms with van der Waals surface area (Å²) in [6, 6.07) is 8.35. The number of hydrogen-bond donors (Lipinski definition) is 0. The van der Waals surface area contributed by atoms with E-state index in [1.54, 1.807) is 0 Å². The van der Waals surface area contributed by atoms with Crippen LogP contribution in [0, 0.1) is 11.3 Å². The smallest absolute Gasteiger partial charge is 0.0994 e. The fourth-order valence-electron chi connectivity index (χ4n) is 2.56. The van der Waals surface area contributed by atoms with Crippen molar-refractivity contribution in [1.82, 2.24) is 0 Å². The van der Waals surface area contributed by atoms with Gasteiger partial charge in [-0.25, -0.2) is 0 Å². The molecule has 1 heteroatoms. The van der Waals surface area contributed by atoms with Crippen LogP contribution in [0.3, 0.4) is 0 Å². The molecule has 0 amide bonds. The zero-order valence-electron chi connectivity index (χ0n) is 7.20. The SMILES string of the molecule is N#Cc1cccc2c1C1C=CC2C1. The predicted molar refractivity (Wildman–Crippen MR) is 50.4 cm³/mol. The standard InChI is InChI=1S/C12H9N/c13-7-10-2-1-3-11-8-4-5-9(6-8)12(10)11/h1-5,8-9H,6H2. The maximum Gasteiger partial charge on any atom is 0.0994 e. The van der Waals surface area contributed by atoms with Gasteiger partial charge in [0.1, 0.15) is 0 Å². The summed E-state index contributed by atoms with van der Waals surface area (Å²) in [6.07, 6.45) is 5.70. The number of benzene rings is 1. The Labute approximate surface area is 77.3 Å². The van der Waals surface area contributed by atoms with Gasteiger partial charge in [-0.15, -0.1) is 0 Å². The van der Waals surface area contributed by atoms with Crippen molar-refractivity contribution in [1.29, 1.82) is 5.26 Å². The predicted octanol–water partition coefficient (Wildman–Crippen LogP) is 2.70. The molecule has 1 nitrogen and oxygen atoms in total. The molecule has 2 aliphatic rings. The first-order valence-electron chi connectivity index (χ1n) is 4.61. The van der Waals surface area contributed by atoms with E-state index in [1.165, 1.54) is 17.5 Å². The van der Waals surface area contributed by atoms with Crippen molar-refractivity contribution in [2.75, 3.05) is 0 Å². The molecule has 2 atom stereocenters. The molecule has 2 aliphatic carbocycles. The summed E-state index contributed by atoms with van der Waals surface area (Å²) < 4.78 is 0. The first kappa shape index (κ1) is 6.91. The Morgan fingerprint density at radius 3 is 2.92 bits per heavy atom. The second-order valence-corrected chi connectivity index (χ2v) is 3.75. The van der Waals surface area contributed by atoms with Crippen LogP contribution in [0.5, 0.6) is 0 Å². The van der Waals surface area contributed by atoms with Gasteiger partial charge < -0.3 is 0 Å². The normalized spacial score (nSPS) is 27.3. The van der Waals surface area contributed by atoms with Crippen molar-refractivity contribution in [3.63, 3.8) is 0 Å². The van der Waals surface area contributed by atoms with E-state index >= 15 is 0 Å². The van der Waals surface area contributed by atoms with Crippen LogP contribution < -0.4 is 0 Å². The van der Waals surface area contributed by atoms with Gasteiger partial charge in [0.05, 0.1) is 11.6 Å². The van der Waals surface area contributed by atoms with Crippen molar-refractivity contribution >= 4 is 0 Å². The number of hydrogen-bond acceptors (Lipinski definition) is 1. The molecule has 0 fully saturated rings. The molecule has 0 saturated heterocycles. The van der Waals surface area contributed by atoms with E-state index in [1.807, 2.05) is 12.1 Å². The summed E-state index contributed by atoms with van der Waals surface area (Å²) >= 11 is 0.